The van der Waals surface area contributed by atoms with Crippen molar-refractivity contribution in [1.29, 1.82) is 0 Å². The van der Waals surface area contributed by atoms with Gasteiger partial charge in [0.2, 0.25) is 0 Å². The molecule has 1 nitrogen and oxygen atoms in total. The summed E-state index contributed by atoms with van der Waals surface area (Å²) in [5.74, 6) is 0. The van der Waals surface area contributed by atoms with Crippen molar-refractivity contribution < 1.29 is 0 Å². The molecule has 1 unspecified atom stereocenters. The Balaban J connectivity index is 2.32. The monoisotopic (exact) mass is 253 g/mol. The first-order valence-electron chi connectivity index (χ1n) is 7.02. The summed E-state index contributed by atoms with van der Waals surface area (Å²) in [6.07, 6.45) is 2.29. The standard InChI is InChI=1S/C18H23N/c1-4-6-15-7-5-8-16(12-15)18(19)17-10-13(2)9-14(3)11-17/h5,7-12,18H,4,6,19H2,1-3H3. The largest absolute Gasteiger partial charge is 0.320 e. The minimum atomic E-state index is -0.0320. The van der Waals surface area contributed by atoms with Crippen LogP contribution >= 0.6 is 0 Å². The first-order chi connectivity index (χ1) is 9.10. The molecule has 19 heavy (non-hydrogen) atoms. The summed E-state index contributed by atoms with van der Waals surface area (Å²) in [4.78, 5) is 0. The topological polar surface area (TPSA) is 26.0 Å². The highest BCUT2D eigenvalue weighted by atomic mass is 14.6. The third kappa shape index (κ3) is 3.45. The van der Waals surface area contributed by atoms with E-state index in [4.69, 9.17) is 5.73 Å². The SMILES string of the molecule is CCCc1cccc(C(N)c2cc(C)cc(C)c2)c1. The van der Waals surface area contributed by atoms with Crippen LogP contribution in [-0.4, -0.2) is 0 Å². The number of aryl methyl sites for hydroxylation is 3. The van der Waals surface area contributed by atoms with Crippen molar-refractivity contribution in [3.63, 3.8) is 0 Å². The predicted molar refractivity (Wildman–Crippen MR) is 82.4 cm³/mol. The second-order valence-electron chi connectivity index (χ2n) is 5.39. The normalized spacial score (nSPS) is 12.4. The molecule has 0 aliphatic rings. The molecule has 0 amide bonds. The Bertz CT molecular complexity index is 537. The van der Waals surface area contributed by atoms with Crippen molar-refractivity contribution in [2.45, 2.75) is 39.7 Å². The molecule has 2 aromatic carbocycles. The van der Waals surface area contributed by atoms with Gasteiger partial charge >= 0.3 is 0 Å². The van der Waals surface area contributed by atoms with Crippen LogP contribution in [0.25, 0.3) is 0 Å². The molecule has 0 spiro atoms. The second kappa shape index (κ2) is 6.03. The van der Waals surface area contributed by atoms with Crippen molar-refractivity contribution in [3.8, 4) is 0 Å². The maximum Gasteiger partial charge on any atom is 0.0551 e. The molecule has 0 saturated carbocycles. The van der Waals surface area contributed by atoms with E-state index in [0.717, 1.165) is 6.42 Å². The van der Waals surface area contributed by atoms with Gasteiger partial charge in [-0.1, -0.05) is 66.9 Å². The van der Waals surface area contributed by atoms with Gasteiger partial charge in [-0.05, 0) is 37.0 Å². The molecule has 2 aromatic rings. The number of benzene rings is 2. The second-order valence-corrected chi connectivity index (χ2v) is 5.39. The molecule has 0 fully saturated rings. The molecule has 0 aromatic heterocycles. The molecule has 0 saturated heterocycles. The minimum Gasteiger partial charge on any atom is -0.320 e. The highest BCUT2D eigenvalue weighted by molar-refractivity contribution is 5.37. The van der Waals surface area contributed by atoms with E-state index >= 15 is 0 Å². The van der Waals surface area contributed by atoms with E-state index in [9.17, 15) is 0 Å². The molecule has 0 radical (unpaired) electrons. The summed E-state index contributed by atoms with van der Waals surface area (Å²) in [5, 5.41) is 0. The van der Waals surface area contributed by atoms with Crippen LogP contribution < -0.4 is 5.73 Å². The summed E-state index contributed by atoms with van der Waals surface area (Å²) in [5.41, 5.74) is 12.7. The number of hydrogen-bond acceptors (Lipinski definition) is 1. The smallest absolute Gasteiger partial charge is 0.0551 e. The van der Waals surface area contributed by atoms with Gasteiger partial charge in [0.25, 0.3) is 0 Å². The Kier molecular flexibility index (Phi) is 4.39. The molecule has 2 rings (SSSR count). The maximum absolute atomic E-state index is 6.42. The molecular weight excluding hydrogens is 230 g/mol. The fraction of sp³-hybridized carbons (Fsp3) is 0.333. The van der Waals surface area contributed by atoms with E-state index in [-0.39, 0.29) is 6.04 Å². The zero-order valence-corrected chi connectivity index (χ0v) is 12.1. The number of nitrogens with two attached hydrogens (primary N) is 1. The zero-order valence-electron chi connectivity index (χ0n) is 12.1. The van der Waals surface area contributed by atoms with E-state index in [1.54, 1.807) is 0 Å². The van der Waals surface area contributed by atoms with Gasteiger partial charge < -0.3 is 5.73 Å². The van der Waals surface area contributed by atoms with Crippen molar-refractivity contribution in [2.24, 2.45) is 5.73 Å². The maximum atomic E-state index is 6.42. The lowest BCUT2D eigenvalue weighted by atomic mass is 9.94. The van der Waals surface area contributed by atoms with E-state index in [1.165, 1.54) is 34.2 Å². The fourth-order valence-corrected chi connectivity index (χ4v) is 2.61. The molecule has 0 aliphatic carbocycles. The molecule has 2 N–H and O–H groups in total. The summed E-state index contributed by atoms with van der Waals surface area (Å²) < 4.78 is 0. The molecule has 1 atom stereocenters. The summed E-state index contributed by atoms with van der Waals surface area (Å²) in [6, 6.07) is 15.2. The Labute approximate surface area is 116 Å². The molecule has 1 heteroatoms. The quantitative estimate of drug-likeness (QED) is 0.863. The van der Waals surface area contributed by atoms with Gasteiger partial charge in [-0.3, -0.25) is 0 Å². The highest BCUT2D eigenvalue weighted by Gasteiger charge is 2.10. The van der Waals surface area contributed by atoms with Crippen LogP contribution in [0.1, 0.15) is 47.2 Å². The average Bonchev–Trinajstić information content (AvgIpc) is 2.37. The molecule has 0 heterocycles. The van der Waals surface area contributed by atoms with Gasteiger partial charge in [-0.15, -0.1) is 0 Å². The van der Waals surface area contributed by atoms with Crippen LogP contribution in [-0.2, 0) is 6.42 Å². The number of hydrogen-bond donors (Lipinski definition) is 1. The molecule has 100 valence electrons. The van der Waals surface area contributed by atoms with E-state index in [1.807, 2.05) is 0 Å². The van der Waals surface area contributed by atoms with Crippen molar-refractivity contribution in [2.75, 3.05) is 0 Å². The Morgan fingerprint density at radius 3 is 2.26 bits per heavy atom. The van der Waals surface area contributed by atoms with Crippen LogP contribution in [0.3, 0.4) is 0 Å². The first-order valence-corrected chi connectivity index (χ1v) is 7.02. The molecule has 0 aliphatic heterocycles. The van der Waals surface area contributed by atoms with Crippen LogP contribution in [0.2, 0.25) is 0 Å². The summed E-state index contributed by atoms with van der Waals surface area (Å²) >= 11 is 0. The van der Waals surface area contributed by atoms with Gasteiger partial charge in [-0.25, -0.2) is 0 Å². The summed E-state index contributed by atoms with van der Waals surface area (Å²) in [6.45, 7) is 6.45. The Morgan fingerprint density at radius 2 is 1.63 bits per heavy atom. The van der Waals surface area contributed by atoms with Crippen LogP contribution in [0.5, 0.6) is 0 Å². The van der Waals surface area contributed by atoms with Crippen LogP contribution in [0.15, 0.2) is 42.5 Å². The minimum absolute atomic E-state index is 0.0320. The van der Waals surface area contributed by atoms with Gasteiger partial charge in [-0.2, -0.15) is 0 Å². The third-order valence-corrected chi connectivity index (χ3v) is 3.45. The first kappa shape index (κ1) is 13.8. The van der Waals surface area contributed by atoms with Gasteiger partial charge in [0, 0.05) is 0 Å². The fourth-order valence-electron chi connectivity index (χ4n) is 2.61. The van der Waals surface area contributed by atoms with Gasteiger partial charge in [0.05, 0.1) is 6.04 Å². The average molecular weight is 253 g/mol. The van der Waals surface area contributed by atoms with Gasteiger partial charge in [0.15, 0.2) is 0 Å². The van der Waals surface area contributed by atoms with Crippen LogP contribution in [0, 0.1) is 13.8 Å². The van der Waals surface area contributed by atoms with E-state index in [2.05, 4.69) is 63.2 Å². The third-order valence-electron chi connectivity index (χ3n) is 3.45. The number of rotatable bonds is 4. The van der Waals surface area contributed by atoms with Gasteiger partial charge in [0.1, 0.15) is 0 Å². The van der Waals surface area contributed by atoms with Crippen molar-refractivity contribution >= 4 is 0 Å². The van der Waals surface area contributed by atoms with E-state index < -0.39 is 0 Å². The molecule has 0 bridgehead atoms. The lowest BCUT2D eigenvalue weighted by molar-refractivity contribution is 0.856. The van der Waals surface area contributed by atoms with E-state index in [0.29, 0.717) is 0 Å². The lowest BCUT2D eigenvalue weighted by Gasteiger charge is -2.15. The van der Waals surface area contributed by atoms with Crippen molar-refractivity contribution in [1.82, 2.24) is 0 Å². The van der Waals surface area contributed by atoms with Crippen molar-refractivity contribution in [3.05, 3.63) is 70.3 Å². The lowest BCUT2D eigenvalue weighted by Crippen LogP contribution is -2.12. The zero-order chi connectivity index (χ0) is 13.8. The molecular formula is C18H23N. The predicted octanol–water partition coefficient (Wildman–Crippen LogP) is 4.30. The summed E-state index contributed by atoms with van der Waals surface area (Å²) in [7, 11) is 0. The van der Waals surface area contributed by atoms with Crippen LogP contribution in [0.4, 0.5) is 0 Å². The Hall–Kier alpha value is -1.60. The highest BCUT2D eigenvalue weighted by Crippen LogP contribution is 2.23. The Morgan fingerprint density at radius 1 is 0.947 bits per heavy atom.